The standard InChI is InChI=1S/C22H21FN4O2/c23-17-5-1-2-6-18(17)26-22(28)16-9-10-24-21(15-16)25-19-7-3-4-8-20(19)27-11-13-29-14-12-27/h1-10,15H,11-14H2,(H,24,25)(H,26,28). The van der Waals surface area contributed by atoms with Crippen LogP contribution in [0.4, 0.5) is 27.3 Å². The number of carbonyl (C=O) groups excluding carboxylic acids is 1. The second kappa shape index (κ2) is 8.70. The van der Waals surface area contributed by atoms with Gasteiger partial charge in [0.15, 0.2) is 0 Å². The van der Waals surface area contributed by atoms with E-state index in [9.17, 15) is 9.18 Å². The molecule has 1 aliphatic rings. The quantitative estimate of drug-likeness (QED) is 0.686. The highest BCUT2D eigenvalue weighted by Gasteiger charge is 2.15. The van der Waals surface area contributed by atoms with Gasteiger partial charge in [-0.2, -0.15) is 0 Å². The lowest BCUT2D eigenvalue weighted by atomic mass is 10.2. The lowest BCUT2D eigenvalue weighted by Crippen LogP contribution is -2.36. The summed E-state index contributed by atoms with van der Waals surface area (Å²) in [6.45, 7) is 3.02. The Labute approximate surface area is 168 Å². The summed E-state index contributed by atoms with van der Waals surface area (Å²) in [6.07, 6.45) is 1.55. The lowest BCUT2D eigenvalue weighted by molar-refractivity contribution is 0.102. The molecule has 0 radical (unpaired) electrons. The number of hydrogen-bond acceptors (Lipinski definition) is 5. The first-order valence-electron chi connectivity index (χ1n) is 9.41. The van der Waals surface area contributed by atoms with Crippen LogP contribution < -0.4 is 15.5 Å². The first-order chi connectivity index (χ1) is 14.2. The minimum Gasteiger partial charge on any atom is -0.378 e. The maximum atomic E-state index is 13.8. The van der Waals surface area contributed by atoms with Crippen molar-refractivity contribution in [3.05, 3.63) is 78.2 Å². The van der Waals surface area contributed by atoms with Gasteiger partial charge >= 0.3 is 0 Å². The van der Waals surface area contributed by atoms with E-state index in [2.05, 4.69) is 20.5 Å². The zero-order valence-corrected chi connectivity index (χ0v) is 15.8. The van der Waals surface area contributed by atoms with Gasteiger partial charge < -0.3 is 20.3 Å². The number of halogens is 1. The van der Waals surface area contributed by atoms with Gasteiger partial charge in [-0.15, -0.1) is 0 Å². The Kier molecular flexibility index (Phi) is 5.67. The molecule has 0 unspecified atom stereocenters. The van der Waals surface area contributed by atoms with E-state index in [1.54, 1.807) is 30.5 Å². The van der Waals surface area contributed by atoms with Gasteiger partial charge in [-0.05, 0) is 36.4 Å². The number of para-hydroxylation sites is 3. The summed E-state index contributed by atoms with van der Waals surface area (Å²) in [5.74, 6) is -0.346. The molecule has 0 atom stereocenters. The van der Waals surface area contributed by atoms with Gasteiger partial charge in [0.05, 0.1) is 30.3 Å². The summed E-state index contributed by atoms with van der Waals surface area (Å²) >= 11 is 0. The topological polar surface area (TPSA) is 66.5 Å². The zero-order valence-electron chi connectivity index (χ0n) is 15.8. The fourth-order valence-corrected chi connectivity index (χ4v) is 3.19. The second-order valence-electron chi connectivity index (χ2n) is 6.61. The highest BCUT2D eigenvalue weighted by molar-refractivity contribution is 6.04. The van der Waals surface area contributed by atoms with Gasteiger partial charge in [-0.3, -0.25) is 4.79 Å². The average Bonchev–Trinajstić information content (AvgIpc) is 2.76. The third-order valence-corrected chi connectivity index (χ3v) is 4.66. The number of nitrogens with one attached hydrogen (secondary N) is 2. The van der Waals surface area contributed by atoms with Gasteiger partial charge in [0.25, 0.3) is 5.91 Å². The molecule has 6 nitrogen and oxygen atoms in total. The van der Waals surface area contributed by atoms with Crippen molar-refractivity contribution >= 4 is 28.8 Å². The Bertz CT molecular complexity index is 1010. The molecule has 29 heavy (non-hydrogen) atoms. The number of nitrogens with zero attached hydrogens (tertiary/aromatic N) is 2. The molecule has 3 aromatic rings. The number of hydrogen-bond donors (Lipinski definition) is 2. The Morgan fingerprint density at radius 3 is 2.52 bits per heavy atom. The summed E-state index contributed by atoms with van der Waals surface area (Å²) in [5, 5.41) is 5.88. The van der Waals surface area contributed by atoms with Crippen molar-refractivity contribution in [1.29, 1.82) is 0 Å². The molecule has 0 spiro atoms. The van der Waals surface area contributed by atoms with Crippen LogP contribution in [0.15, 0.2) is 66.9 Å². The summed E-state index contributed by atoms with van der Waals surface area (Å²) in [6, 6.07) is 17.3. The SMILES string of the molecule is O=C(Nc1ccccc1F)c1ccnc(Nc2ccccc2N2CCOCC2)c1. The highest BCUT2D eigenvalue weighted by atomic mass is 19.1. The summed E-state index contributed by atoms with van der Waals surface area (Å²) in [7, 11) is 0. The lowest BCUT2D eigenvalue weighted by Gasteiger charge is -2.30. The van der Waals surface area contributed by atoms with Crippen LogP contribution in [0.1, 0.15) is 10.4 Å². The fraction of sp³-hybridized carbons (Fsp3) is 0.182. The van der Waals surface area contributed by atoms with E-state index in [1.807, 2.05) is 24.3 Å². The van der Waals surface area contributed by atoms with Crippen molar-refractivity contribution in [2.24, 2.45) is 0 Å². The molecular weight excluding hydrogens is 371 g/mol. The minimum absolute atomic E-state index is 0.140. The molecule has 1 aliphatic heterocycles. The molecule has 2 heterocycles. The average molecular weight is 392 g/mol. The monoisotopic (exact) mass is 392 g/mol. The third-order valence-electron chi connectivity index (χ3n) is 4.66. The van der Waals surface area contributed by atoms with Crippen LogP contribution in [0.25, 0.3) is 0 Å². The first kappa shape index (κ1) is 18.9. The minimum atomic E-state index is -0.479. The largest absolute Gasteiger partial charge is 0.378 e. The van der Waals surface area contributed by atoms with Crippen molar-refractivity contribution < 1.29 is 13.9 Å². The van der Waals surface area contributed by atoms with Gasteiger partial charge in [0.1, 0.15) is 11.6 Å². The van der Waals surface area contributed by atoms with Gasteiger partial charge in [0, 0.05) is 24.8 Å². The molecule has 1 fully saturated rings. The van der Waals surface area contributed by atoms with Crippen molar-refractivity contribution in [3.8, 4) is 0 Å². The van der Waals surface area contributed by atoms with Crippen LogP contribution in [-0.4, -0.2) is 37.2 Å². The van der Waals surface area contributed by atoms with E-state index in [0.717, 1.165) is 24.5 Å². The van der Waals surface area contributed by atoms with Crippen molar-refractivity contribution in [1.82, 2.24) is 4.98 Å². The molecule has 0 saturated carbocycles. The Morgan fingerprint density at radius 1 is 1.00 bits per heavy atom. The number of rotatable bonds is 5. The van der Waals surface area contributed by atoms with E-state index in [4.69, 9.17) is 4.74 Å². The fourth-order valence-electron chi connectivity index (χ4n) is 3.19. The van der Waals surface area contributed by atoms with Crippen LogP contribution in [-0.2, 0) is 4.74 Å². The molecule has 1 aromatic heterocycles. The maximum Gasteiger partial charge on any atom is 0.255 e. The number of amides is 1. The number of ether oxygens (including phenoxy) is 1. The normalized spacial score (nSPS) is 13.8. The molecule has 1 amide bonds. The van der Waals surface area contributed by atoms with E-state index >= 15 is 0 Å². The molecule has 1 saturated heterocycles. The van der Waals surface area contributed by atoms with E-state index in [1.165, 1.54) is 12.1 Å². The molecule has 2 aromatic carbocycles. The van der Waals surface area contributed by atoms with Crippen molar-refractivity contribution in [2.45, 2.75) is 0 Å². The summed E-state index contributed by atoms with van der Waals surface area (Å²) in [5.41, 5.74) is 2.48. The van der Waals surface area contributed by atoms with Crippen LogP contribution in [0, 0.1) is 5.82 Å². The summed E-state index contributed by atoms with van der Waals surface area (Å²) in [4.78, 5) is 19.1. The molecule has 0 bridgehead atoms. The molecule has 7 heteroatoms. The van der Waals surface area contributed by atoms with Gasteiger partial charge in [-0.1, -0.05) is 24.3 Å². The van der Waals surface area contributed by atoms with Gasteiger partial charge in [-0.25, -0.2) is 9.37 Å². The van der Waals surface area contributed by atoms with Crippen LogP contribution in [0.3, 0.4) is 0 Å². The van der Waals surface area contributed by atoms with Crippen LogP contribution >= 0.6 is 0 Å². The van der Waals surface area contributed by atoms with Gasteiger partial charge in [0.2, 0.25) is 0 Å². The highest BCUT2D eigenvalue weighted by Crippen LogP contribution is 2.29. The predicted molar refractivity (Wildman–Crippen MR) is 111 cm³/mol. The van der Waals surface area contributed by atoms with Crippen molar-refractivity contribution in [2.75, 3.05) is 41.8 Å². The molecular formula is C22H21FN4O2. The van der Waals surface area contributed by atoms with Crippen LogP contribution in [0.2, 0.25) is 0 Å². The predicted octanol–water partition coefficient (Wildman–Crippen LogP) is 4.05. The Hall–Kier alpha value is -3.45. The number of morpholine rings is 1. The van der Waals surface area contributed by atoms with Crippen molar-refractivity contribution in [3.63, 3.8) is 0 Å². The Morgan fingerprint density at radius 2 is 1.72 bits per heavy atom. The smallest absolute Gasteiger partial charge is 0.255 e. The van der Waals surface area contributed by atoms with E-state index in [0.29, 0.717) is 24.6 Å². The van der Waals surface area contributed by atoms with E-state index in [-0.39, 0.29) is 5.69 Å². The number of anilines is 4. The first-order valence-corrected chi connectivity index (χ1v) is 9.41. The number of carbonyl (C=O) groups is 1. The van der Waals surface area contributed by atoms with Crippen LogP contribution in [0.5, 0.6) is 0 Å². The molecule has 4 rings (SSSR count). The number of benzene rings is 2. The second-order valence-corrected chi connectivity index (χ2v) is 6.61. The molecule has 2 N–H and O–H groups in total. The molecule has 0 aliphatic carbocycles. The maximum absolute atomic E-state index is 13.8. The van der Waals surface area contributed by atoms with E-state index < -0.39 is 11.7 Å². The third kappa shape index (κ3) is 4.52. The number of pyridine rings is 1. The molecule has 148 valence electrons. The zero-order chi connectivity index (χ0) is 20.1. The summed E-state index contributed by atoms with van der Waals surface area (Å²) < 4.78 is 19.2. The number of aromatic nitrogens is 1. The Balaban J connectivity index is 1.53.